The van der Waals surface area contributed by atoms with Crippen LogP contribution in [0.4, 0.5) is 0 Å². The van der Waals surface area contributed by atoms with Crippen molar-refractivity contribution in [3.05, 3.63) is 0 Å². The van der Waals surface area contributed by atoms with E-state index < -0.39 is 39.6 Å². The molecule has 0 aromatic heterocycles. The fraction of sp³-hybridized carbons (Fsp3) is 0.867. The molecule has 10 heteroatoms. The third-order valence-corrected chi connectivity index (χ3v) is 5.15. The maximum absolute atomic E-state index is 11.8. The molecule has 2 unspecified atom stereocenters. The van der Waals surface area contributed by atoms with Gasteiger partial charge in [-0.25, -0.2) is 8.42 Å². The highest BCUT2D eigenvalue weighted by Gasteiger charge is 2.35. The van der Waals surface area contributed by atoms with E-state index in [0.29, 0.717) is 13.1 Å². The molecule has 0 aromatic rings. The van der Waals surface area contributed by atoms with Gasteiger partial charge in [-0.15, -0.1) is 0 Å². The summed E-state index contributed by atoms with van der Waals surface area (Å²) >= 11 is 0. The largest absolute Gasteiger partial charge is 0.480 e. The van der Waals surface area contributed by atoms with Crippen molar-refractivity contribution in [3.8, 4) is 0 Å². The van der Waals surface area contributed by atoms with Gasteiger partial charge in [0.25, 0.3) is 0 Å². The molecule has 1 saturated heterocycles. The Morgan fingerprint density at radius 1 is 1.20 bits per heavy atom. The van der Waals surface area contributed by atoms with Gasteiger partial charge in [0.1, 0.15) is 11.6 Å². The maximum Gasteiger partial charge on any atom is 0.322 e. The highest BCUT2D eigenvalue weighted by molar-refractivity contribution is 7.88. The second kappa shape index (κ2) is 8.43. The third-order valence-electron chi connectivity index (χ3n) is 3.85. The molecular formula is C15H29N3O6S. The zero-order valence-electron chi connectivity index (χ0n) is 15.5. The lowest BCUT2D eigenvalue weighted by molar-refractivity contribution is -0.154. The molecule has 1 rings (SSSR count). The summed E-state index contributed by atoms with van der Waals surface area (Å²) in [4.78, 5) is 25.1. The lowest BCUT2D eigenvalue weighted by atomic mass is 10.1. The van der Waals surface area contributed by atoms with Gasteiger partial charge in [0.05, 0.1) is 12.8 Å². The number of aliphatic carboxylic acids is 1. The summed E-state index contributed by atoms with van der Waals surface area (Å²) in [6.45, 7) is 8.02. The highest BCUT2D eigenvalue weighted by Crippen LogP contribution is 2.13. The predicted molar refractivity (Wildman–Crippen MR) is 92.7 cm³/mol. The van der Waals surface area contributed by atoms with Crippen molar-refractivity contribution < 1.29 is 27.9 Å². The maximum atomic E-state index is 11.8. The van der Waals surface area contributed by atoms with Gasteiger partial charge in [0.2, 0.25) is 10.0 Å². The van der Waals surface area contributed by atoms with Gasteiger partial charge in [-0.1, -0.05) is 0 Å². The number of ether oxygens (including phenoxy) is 1. The summed E-state index contributed by atoms with van der Waals surface area (Å²) in [5.41, 5.74) is -0.601. The average Bonchev–Trinajstić information content (AvgIpc) is 2.42. The molecule has 146 valence electrons. The Hall–Kier alpha value is -1.23. The first-order chi connectivity index (χ1) is 11.3. The molecule has 0 aromatic carbocycles. The molecule has 1 fully saturated rings. The van der Waals surface area contributed by atoms with Crippen molar-refractivity contribution in [1.82, 2.24) is 14.5 Å². The Bertz CT molecular complexity index is 579. The van der Waals surface area contributed by atoms with E-state index in [2.05, 4.69) is 5.32 Å². The zero-order chi connectivity index (χ0) is 19.4. The number of nitrogens with one attached hydrogen (secondary N) is 1. The summed E-state index contributed by atoms with van der Waals surface area (Å²) in [6.07, 6.45) is 1.14. The summed E-state index contributed by atoms with van der Waals surface area (Å²) in [6, 6.07) is -1.36. The van der Waals surface area contributed by atoms with E-state index in [1.165, 1.54) is 4.31 Å². The van der Waals surface area contributed by atoms with E-state index in [4.69, 9.17) is 4.74 Å². The van der Waals surface area contributed by atoms with Gasteiger partial charge < -0.3 is 15.2 Å². The fourth-order valence-electron chi connectivity index (χ4n) is 2.73. The Kier molecular flexibility index (Phi) is 7.36. The van der Waals surface area contributed by atoms with E-state index in [1.807, 2.05) is 0 Å². The molecule has 2 N–H and O–H groups in total. The Morgan fingerprint density at radius 3 is 2.12 bits per heavy atom. The monoisotopic (exact) mass is 379 g/mol. The summed E-state index contributed by atoms with van der Waals surface area (Å²) < 4.78 is 29.6. The lowest BCUT2D eigenvalue weighted by Gasteiger charge is -2.38. The number of hydrogen-bond acceptors (Lipinski definition) is 7. The van der Waals surface area contributed by atoms with Crippen LogP contribution >= 0.6 is 0 Å². The number of carbonyl (C=O) groups excluding carboxylic acids is 1. The molecule has 0 radical (unpaired) electrons. The lowest BCUT2D eigenvalue weighted by Crippen LogP contribution is -2.59. The number of hydrogen-bond donors (Lipinski definition) is 2. The number of carbonyl (C=O) groups is 2. The van der Waals surface area contributed by atoms with E-state index >= 15 is 0 Å². The van der Waals surface area contributed by atoms with Gasteiger partial charge in [-0.2, -0.15) is 4.31 Å². The molecule has 25 heavy (non-hydrogen) atoms. The molecule has 1 aliphatic heterocycles. The van der Waals surface area contributed by atoms with E-state index in [0.717, 1.165) is 6.26 Å². The smallest absolute Gasteiger partial charge is 0.322 e. The number of sulfonamides is 1. The van der Waals surface area contributed by atoms with Crippen LogP contribution in [-0.2, 0) is 24.3 Å². The normalized spacial score (nSPS) is 20.0. The van der Waals surface area contributed by atoms with Crippen LogP contribution in [0, 0.1) is 0 Å². The molecular weight excluding hydrogens is 350 g/mol. The standard InChI is InChI=1S/C15H29N3O6S/c1-11(16-10-12(19)24-15(2,3)4)13(14(20)21)17-6-8-18(9-7-17)25(5,22)23/h11,13,16H,6-10H2,1-5H3,(H,20,21). The SMILES string of the molecule is CC(NCC(=O)OC(C)(C)C)C(C(=O)O)N1CCN(S(C)(=O)=O)CC1. The number of esters is 1. The van der Waals surface area contributed by atoms with Gasteiger partial charge in [-0.3, -0.25) is 14.5 Å². The highest BCUT2D eigenvalue weighted by atomic mass is 32.2. The topological polar surface area (TPSA) is 116 Å². The fourth-order valence-corrected chi connectivity index (χ4v) is 3.56. The number of piperazine rings is 1. The van der Waals surface area contributed by atoms with Crippen molar-refractivity contribution in [3.63, 3.8) is 0 Å². The van der Waals surface area contributed by atoms with E-state index in [9.17, 15) is 23.1 Å². The molecule has 1 heterocycles. The molecule has 1 aliphatic rings. The van der Waals surface area contributed by atoms with Crippen LogP contribution in [0.15, 0.2) is 0 Å². The van der Waals surface area contributed by atoms with Crippen molar-refractivity contribution >= 4 is 22.0 Å². The zero-order valence-corrected chi connectivity index (χ0v) is 16.3. The van der Waals surface area contributed by atoms with Gasteiger partial charge in [0, 0.05) is 32.2 Å². The number of carboxylic acid groups (broad SMARTS) is 1. The Labute approximate surface area is 149 Å². The number of carboxylic acids is 1. The Morgan fingerprint density at radius 2 is 1.72 bits per heavy atom. The van der Waals surface area contributed by atoms with E-state index in [-0.39, 0.29) is 19.6 Å². The van der Waals surface area contributed by atoms with Crippen LogP contribution in [0.25, 0.3) is 0 Å². The van der Waals surface area contributed by atoms with Gasteiger partial charge >= 0.3 is 11.9 Å². The second-order valence-electron chi connectivity index (χ2n) is 7.24. The van der Waals surface area contributed by atoms with Gasteiger partial charge in [-0.05, 0) is 27.7 Å². The summed E-state index contributed by atoms with van der Waals surface area (Å²) in [5, 5.41) is 12.4. The molecule has 2 atom stereocenters. The third kappa shape index (κ3) is 7.27. The first kappa shape index (κ1) is 21.8. The molecule has 0 saturated carbocycles. The first-order valence-corrected chi connectivity index (χ1v) is 10.0. The number of nitrogens with zero attached hydrogens (tertiary/aromatic N) is 2. The minimum absolute atomic E-state index is 0.0917. The van der Waals surface area contributed by atoms with Crippen molar-refractivity contribution in [2.45, 2.75) is 45.4 Å². The molecule has 0 spiro atoms. The van der Waals surface area contributed by atoms with E-state index in [1.54, 1.807) is 32.6 Å². The first-order valence-electron chi connectivity index (χ1n) is 8.18. The van der Waals surface area contributed by atoms with Crippen molar-refractivity contribution in [2.75, 3.05) is 39.0 Å². The van der Waals surface area contributed by atoms with Crippen molar-refractivity contribution in [2.24, 2.45) is 0 Å². The molecule has 0 aliphatic carbocycles. The minimum atomic E-state index is -3.27. The quantitative estimate of drug-likeness (QED) is 0.560. The van der Waals surface area contributed by atoms with Crippen LogP contribution in [0.3, 0.4) is 0 Å². The molecule has 0 amide bonds. The van der Waals surface area contributed by atoms with Crippen LogP contribution in [0.1, 0.15) is 27.7 Å². The predicted octanol–water partition coefficient (Wildman–Crippen LogP) is -0.663. The molecule has 0 bridgehead atoms. The van der Waals surface area contributed by atoms with Crippen LogP contribution in [-0.4, -0.2) is 91.3 Å². The van der Waals surface area contributed by atoms with Crippen LogP contribution in [0.5, 0.6) is 0 Å². The van der Waals surface area contributed by atoms with Crippen LogP contribution < -0.4 is 5.32 Å². The second-order valence-corrected chi connectivity index (χ2v) is 9.22. The van der Waals surface area contributed by atoms with Crippen LogP contribution in [0.2, 0.25) is 0 Å². The molecule has 9 nitrogen and oxygen atoms in total. The number of rotatable bonds is 7. The minimum Gasteiger partial charge on any atom is -0.480 e. The summed E-state index contributed by atoms with van der Waals surface area (Å²) in [5.74, 6) is -1.47. The average molecular weight is 379 g/mol. The Balaban J connectivity index is 2.62. The van der Waals surface area contributed by atoms with Crippen molar-refractivity contribution in [1.29, 1.82) is 0 Å². The van der Waals surface area contributed by atoms with Gasteiger partial charge in [0.15, 0.2) is 0 Å². The summed E-state index contributed by atoms with van der Waals surface area (Å²) in [7, 11) is -3.27.